The first-order chi connectivity index (χ1) is 9.70. The molecule has 104 valence electrons. The molecule has 2 aromatic rings. The van der Waals surface area contributed by atoms with E-state index in [0.717, 1.165) is 12.0 Å². The third-order valence-electron chi connectivity index (χ3n) is 3.22. The third-order valence-corrected chi connectivity index (χ3v) is 3.22. The van der Waals surface area contributed by atoms with Crippen LogP contribution in [0.2, 0.25) is 0 Å². The Morgan fingerprint density at radius 3 is 2.45 bits per heavy atom. The van der Waals surface area contributed by atoms with Gasteiger partial charge >= 0.3 is 0 Å². The van der Waals surface area contributed by atoms with Crippen molar-refractivity contribution in [3.05, 3.63) is 59.9 Å². The molecule has 4 nitrogen and oxygen atoms in total. The summed E-state index contributed by atoms with van der Waals surface area (Å²) in [7, 11) is 0. The lowest BCUT2D eigenvalue weighted by atomic mass is 10.0. The van der Waals surface area contributed by atoms with Gasteiger partial charge in [-0.25, -0.2) is 0 Å². The summed E-state index contributed by atoms with van der Waals surface area (Å²) in [6, 6.07) is 10.7. The van der Waals surface area contributed by atoms with Crippen molar-refractivity contribution in [1.29, 1.82) is 0 Å². The second kappa shape index (κ2) is 6.82. The van der Waals surface area contributed by atoms with E-state index in [1.807, 2.05) is 19.1 Å². The summed E-state index contributed by atoms with van der Waals surface area (Å²) < 4.78 is 0. The summed E-state index contributed by atoms with van der Waals surface area (Å²) in [6.45, 7) is 2.65. The summed E-state index contributed by atoms with van der Waals surface area (Å²) in [4.78, 5) is 16.4. The van der Waals surface area contributed by atoms with Crippen molar-refractivity contribution in [3.63, 3.8) is 0 Å². The van der Waals surface area contributed by atoms with Crippen LogP contribution >= 0.6 is 0 Å². The highest BCUT2D eigenvalue weighted by Gasteiger charge is 2.17. The first-order valence-corrected chi connectivity index (χ1v) is 6.72. The van der Waals surface area contributed by atoms with Crippen molar-refractivity contribution in [2.75, 3.05) is 5.73 Å². The SMILES string of the molecule is CCC(NCc1ccncc1)C(=O)c1ccc(N)cc1. The number of pyridine rings is 1. The molecule has 1 atom stereocenters. The Morgan fingerprint density at radius 1 is 1.20 bits per heavy atom. The zero-order chi connectivity index (χ0) is 14.4. The van der Waals surface area contributed by atoms with E-state index in [4.69, 9.17) is 5.73 Å². The predicted octanol–water partition coefficient (Wildman–Crippen LogP) is 2.41. The van der Waals surface area contributed by atoms with Crippen LogP contribution in [0.3, 0.4) is 0 Å². The van der Waals surface area contributed by atoms with Crippen molar-refractivity contribution < 1.29 is 4.79 Å². The van der Waals surface area contributed by atoms with Gasteiger partial charge in [0, 0.05) is 30.2 Å². The highest BCUT2D eigenvalue weighted by molar-refractivity contribution is 6.00. The molecule has 0 spiro atoms. The van der Waals surface area contributed by atoms with Gasteiger partial charge in [-0.15, -0.1) is 0 Å². The molecule has 1 aromatic carbocycles. The van der Waals surface area contributed by atoms with E-state index in [2.05, 4.69) is 10.3 Å². The first-order valence-electron chi connectivity index (χ1n) is 6.72. The van der Waals surface area contributed by atoms with E-state index in [1.54, 1.807) is 36.7 Å². The van der Waals surface area contributed by atoms with Crippen LogP contribution in [0.15, 0.2) is 48.8 Å². The molecule has 20 heavy (non-hydrogen) atoms. The number of hydrogen-bond acceptors (Lipinski definition) is 4. The zero-order valence-electron chi connectivity index (χ0n) is 11.5. The average Bonchev–Trinajstić information content (AvgIpc) is 2.49. The molecule has 4 heteroatoms. The number of rotatable bonds is 6. The van der Waals surface area contributed by atoms with Gasteiger partial charge in [0.15, 0.2) is 5.78 Å². The van der Waals surface area contributed by atoms with Crippen LogP contribution in [-0.4, -0.2) is 16.8 Å². The van der Waals surface area contributed by atoms with Gasteiger partial charge in [0.25, 0.3) is 0 Å². The fourth-order valence-corrected chi connectivity index (χ4v) is 2.01. The van der Waals surface area contributed by atoms with Crippen LogP contribution in [0.1, 0.15) is 29.3 Å². The number of carbonyl (C=O) groups excluding carboxylic acids is 1. The topological polar surface area (TPSA) is 68.0 Å². The van der Waals surface area contributed by atoms with Gasteiger partial charge in [0.05, 0.1) is 6.04 Å². The number of nitrogens with zero attached hydrogens (tertiary/aromatic N) is 1. The molecule has 0 saturated carbocycles. The maximum absolute atomic E-state index is 12.4. The largest absolute Gasteiger partial charge is 0.399 e. The second-order valence-electron chi connectivity index (χ2n) is 4.68. The molecule has 0 aliphatic heterocycles. The Kier molecular flexibility index (Phi) is 4.85. The lowest BCUT2D eigenvalue weighted by molar-refractivity contribution is 0.0939. The molecule has 1 aromatic heterocycles. The highest BCUT2D eigenvalue weighted by atomic mass is 16.1. The van der Waals surface area contributed by atoms with Gasteiger partial charge in [-0.3, -0.25) is 9.78 Å². The summed E-state index contributed by atoms with van der Waals surface area (Å²) in [6.07, 6.45) is 4.24. The summed E-state index contributed by atoms with van der Waals surface area (Å²) in [5, 5.41) is 3.29. The number of ketones is 1. The summed E-state index contributed by atoms with van der Waals surface area (Å²) >= 11 is 0. The third kappa shape index (κ3) is 3.65. The Balaban J connectivity index is 2.00. The molecular formula is C16H19N3O. The number of benzene rings is 1. The molecule has 0 aliphatic carbocycles. The molecule has 0 aliphatic rings. The number of Topliss-reactive ketones (excluding diaryl/α,β-unsaturated/α-hetero) is 1. The lowest BCUT2D eigenvalue weighted by Crippen LogP contribution is -2.35. The standard InChI is InChI=1S/C16H19N3O/c1-2-15(19-11-12-7-9-18-10-8-12)16(20)13-3-5-14(17)6-4-13/h3-10,15,19H,2,11,17H2,1H3. The predicted molar refractivity (Wildman–Crippen MR) is 80.3 cm³/mol. The van der Waals surface area contributed by atoms with Gasteiger partial charge < -0.3 is 11.1 Å². The van der Waals surface area contributed by atoms with Crippen molar-refractivity contribution in [1.82, 2.24) is 10.3 Å². The van der Waals surface area contributed by atoms with E-state index >= 15 is 0 Å². The van der Waals surface area contributed by atoms with Crippen LogP contribution in [0.5, 0.6) is 0 Å². The van der Waals surface area contributed by atoms with E-state index in [0.29, 0.717) is 17.8 Å². The van der Waals surface area contributed by atoms with Crippen LogP contribution in [0.25, 0.3) is 0 Å². The van der Waals surface area contributed by atoms with Crippen LogP contribution in [0, 0.1) is 0 Å². The zero-order valence-corrected chi connectivity index (χ0v) is 11.5. The Bertz CT molecular complexity index is 552. The Morgan fingerprint density at radius 2 is 1.85 bits per heavy atom. The molecule has 3 N–H and O–H groups in total. The minimum Gasteiger partial charge on any atom is -0.399 e. The van der Waals surface area contributed by atoms with Gasteiger partial charge in [-0.2, -0.15) is 0 Å². The maximum atomic E-state index is 12.4. The number of hydrogen-bond donors (Lipinski definition) is 2. The number of carbonyl (C=O) groups is 1. The van der Waals surface area contributed by atoms with Crippen molar-refractivity contribution >= 4 is 11.5 Å². The monoisotopic (exact) mass is 269 g/mol. The summed E-state index contributed by atoms with van der Waals surface area (Å²) in [5.74, 6) is 0.0987. The molecule has 1 heterocycles. The van der Waals surface area contributed by atoms with Crippen LogP contribution in [0.4, 0.5) is 5.69 Å². The fourth-order valence-electron chi connectivity index (χ4n) is 2.01. The number of nitrogen functional groups attached to an aromatic ring is 1. The molecule has 0 amide bonds. The van der Waals surface area contributed by atoms with Crippen LogP contribution in [-0.2, 0) is 6.54 Å². The molecule has 0 bridgehead atoms. The maximum Gasteiger partial charge on any atom is 0.179 e. The van der Waals surface area contributed by atoms with Gasteiger partial charge in [0.1, 0.15) is 0 Å². The smallest absolute Gasteiger partial charge is 0.179 e. The second-order valence-corrected chi connectivity index (χ2v) is 4.68. The summed E-state index contributed by atoms with van der Waals surface area (Å²) in [5.41, 5.74) is 8.11. The molecule has 1 unspecified atom stereocenters. The fraction of sp³-hybridized carbons (Fsp3) is 0.250. The van der Waals surface area contributed by atoms with Crippen molar-refractivity contribution in [2.45, 2.75) is 25.9 Å². The normalized spacial score (nSPS) is 12.1. The Hall–Kier alpha value is -2.20. The number of anilines is 1. The van der Waals surface area contributed by atoms with E-state index < -0.39 is 0 Å². The molecular weight excluding hydrogens is 250 g/mol. The Labute approximate surface area is 119 Å². The quantitative estimate of drug-likeness (QED) is 0.624. The van der Waals surface area contributed by atoms with Gasteiger partial charge in [-0.1, -0.05) is 6.92 Å². The van der Waals surface area contributed by atoms with Gasteiger partial charge in [-0.05, 0) is 48.4 Å². The first kappa shape index (κ1) is 14.2. The molecule has 0 radical (unpaired) electrons. The molecule has 0 fully saturated rings. The lowest BCUT2D eigenvalue weighted by Gasteiger charge is -2.16. The van der Waals surface area contributed by atoms with E-state index in [9.17, 15) is 4.79 Å². The van der Waals surface area contributed by atoms with Crippen molar-refractivity contribution in [3.8, 4) is 0 Å². The van der Waals surface area contributed by atoms with E-state index in [1.165, 1.54) is 0 Å². The number of aromatic nitrogens is 1. The number of nitrogens with two attached hydrogens (primary N) is 1. The van der Waals surface area contributed by atoms with Gasteiger partial charge in [0.2, 0.25) is 0 Å². The minimum absolute atomic E-state index is 0.0987. The molecule has 0 saturated heterocycles. The average molecular weight is 269 g/mol. The minimum atomic E-state index is -0.188. The van der Waals surface area contributed by atoms with E-state index in [-0.39, 0.29) is 11.8 Å². The molecule has 2 rings (SSSR count). The van der Waals surface area contributed by atoms with Crippen LogP contribution < -0.4 is 11.1 Å². The van der Waals surface area contributed by atoms with Crippen molar-refractivity contribution in [2.24, 2.45) is 0 Å². The number of nitrogens with one attached hydrogen (secondary N) is 1. The highest BCUT2D eigenvalue weighted by Crippen LogP contribution is 2.10.